The number of carbonyl (C=O) groups excluding carboxylic acids is 4. The van der Waals surface area contributed by atoms with E-state index in [1.54, 1.807) is 42.6 Å². The van der Waals surface area contributed by atoms with Gasteiger partial charge in [-0.2, -0.15) is 0 Å². The highest BCUT2D eigenvalue weighted by atomic mass is 16.5. The van der Waals surface area contributed by atoms with Gasteiger partial charge in [-0.15, -0.1) is 0 Å². The first-order chi connectivity index (χ1) is 12.1. The van der Waals surface area contributed by atoms with E-state index < -0.39 is 5.97 Å². The highest BCUT2D eigenvalue weighted by Gasteiger charge is 2.34. The van der Waals surface area contributed by atoms with E-state index in [9.17, 15) is 19.2 Å². The number of hydrogen-bond acceptors (Lipinski definition) is 5. The highest BCUT2D eigenvalue weighted by molar-refractivity contribution is 6.21. The van der Waals surface area contributed by atoms with E-state index in [4.69, 9.17) is 4.74 Å². The number of ether oxygens (including phenoxy) is 1. The van der Waals surface area contributed by atoms with E-state index in [0.717, 1.165) is 4.90 Å². The van der Waals surface area contributed by atoms with Crippen LogP contribution in [0.1, 0.15) is 44.0 Å². The Morgan fingerprint density at radius 3 is 2.28 bits per heavy atom. The quantitative estimate of drug-likeness (QED) is 0.471. The minimum atomic E-state index is -0.545. The molecule has 128 valence electrons. The third-order valence-electron chi connectivity index (χ3n) is 3.90. The minimum absolute atomic E-state index is 0.0193. The van der Waals surface area contributed by atoms with Crippen LogP contribution in [-0.4, -0.2) is 46.6 Å². The molecule has 7 heteroatoms. The molecular weight excluding hydrogens is 324 g/mol. The van der Waals surface area contributed by atoms with Crippen molar-refractivity contribution in [3.05, 3.63) is 59.4 Å². The average Bonchev–Trinajstić information content (AvgIpc) is 3.23. The SMILES string of the molecule is O=C(CCCN1C(=O)c2ccccc2C1=O)OCC(=O)c1ccc[nH]1. The average molecular weight is 340 g/mol. The molecular formula is C18H16N2O5. The van der Waals surface area contributed by atoms with Crippen molar-refractivity contribution in [2.24, 2.45) is 0 Å². The van der Waals surface area contributed by atoms with Crippen LogP contribution >= 0.6 is 0 Å². The van der Waals surface area contributed by atoms with E-state index in [1.165, 1.54) is 0 Å². The van der Waals surface area contributed by atoms with Crippen LogP contribution in [-0.2, 0) is 9.53 Å². The lowest BCUT2D eigenvalue weighted by Crippen LogP contribution is -2.31. The number of aromatic nitrogens is 1. The Labute approximate surface area is 143 Å². The fraction of sp³-hybridized carbons (Fsp3) is 0.222. The molecule has 2 amide bonds. The summed E-state index contributed by atoms with van der Waals surface area (Å²) in [5.74, 6) is -1.57. The molecule has 0 saturated carbocycles. The van der Waals surface area contributed by atoms with Crippen molar-refractivity contribution in [3.63, 3.8) is 0 Å². The second-order valence-electron chi connectivity index (χ2n) is 5.58. The number of rotatable bonds is 7. The van der Waals surface area contributed by atoms with Gasteiger partial charge >= 0.3 is 5.97 Å². The molecule has 0 radical (unpaired) electrons. The van der Waals surface area contributed by atoms with Gasteiger partial charge < -0.3 is 9.72 Å². The maximum atomic E-state index is 12.2. The summed E-state index contributed by atoms with van der Waals surface area (Å²) in [6, 6.07) is 9.89. The summed E-state index contributed by atoms with van der Waals surface area (Å²) in [6.45, 7) is -0.210. The zero-order chi connectivity index (χ0) is 17.8. The van der Waals surface area contributed by atoms with Crippen molar-refractivity contribution in [1.29, 1.82) is 0 Å². The van der Waals surface area contributed by atoms with Crippen LogP contribution in [0, 0.1) is 0 Å². The Balaban J connectivity index is 1.44. The van der Waals surface area contributed by atoms with Gasteiger partial charge in [-0.1, -0.05) is 12.1 Å². The molecule has 0 unspecified atom stereocenters. The van der Waals surface area contributed by atoms with E-state index in [1.807, 2.05) is 0 Å². The van der Waals surface area contributed by atoms with Crippen molar-refractivity contribution < 1.29 is 23.9 Å². The van der Waals surface area contributed by atoms with Gasteiger partial charge in [-0.3, -0.25) is 24.1 Å². The number of aromatic amines is 1. The summed E-state index contributed by atoms with van der Waals surface area (Å²) in [5, 5.41) is 0. The molecule has 0 atom stereocenters. The molecule has 2 heterocycles. The smallest absolute Gasteiger partial charge is 0.306 e. The number of esters is 1. The maximum absolute atomic E-state index is 12.2. The molecule has 0 aliphatic carbocycles. The lowest BCUT2D eigenvalue weighted by Gasteiger charge is -2.13. The first-order valence-corrected chi connectivity index (χ1v) is 7.85. The number of hydrogen-bond donors (Lipinski definition) is 1. The third kappa shape index (κ3) is 3.50. The lowest BCUT2D eigenvalue weighted by atomic mass is 10.1. The number of amides is 2. The molecule has 1 aromatic heterocycles. The van der Waals surface area contributed by atoms with Crippen molar-refractivity contribution in [2.45, 2.75) is 12.8 Å². The summed E-state index contributed by atoms with van der Waals surface area (Å²) in [6.07, 6.45) is 1.91. The van der Waals surface area contributed by atoms with E-state index in [2.05, 4.69) is 4.98 Å². The van der Waals surface area contributed by atoms with E-state index in [0.29, 0.717) is 16.8 Å². The van der Waals surface area contributed by atoms with Crippen molar-refractivity contribution in [2.75, 3.05) is 13.2 Å². The van der Waals surface area contributed by atoms with Crippen molar-refractivity contribution in [1.82, 2.24) is 9.88 Å². The number of Topliss-reactive ketones (excluding diaryl/α,β-unsaturated/α-hetero) is 1. The largest absolute Gasteiger partial charge is 0.457 e. The van der Waals surface area contributed by atoms with Crippen LogP contribution in [0.2, 0.25) is 0 Å². The molecule has 3 rings (SSSR count). The lowest BCUT2D eigenvalue weighted by molar-refractivity contribution is -0.142. The van der Waals surface area contributed by atoms with Crippen LogP contribution in [0.4, 0.5) is 0 Å². The van der Waals surface area contributed by atoms with Crippen LogP contribution < -0.4 is 0 Å². The molecule has 0 bridgehead atoms. The van der Waals surface area contributed by atoms with Gasteiger partial charge in [0.15, 0.2) is 6.61 Å². The highest BCUT2D eigenvalue weighted by Crippen LogP contribution is 2.22. The summed E-state index contributed by atoms with van der Waals surface area (Å²) in [4.78, 5) is 51.6. The number of nitrogens with one attached hydrogen (secondary N) is 1. The zero-order valence-electron chi connectivity index (χ0n) is 13.4. The third-order valence-corrected chi connectivity index (χ3v) is 3.90. The van der Waals surface area contributed by atoms with Crippen LogP contribution in [0.15, 0.2) is 42.6 Å². The standard InChI is InChI=1S/C18H16N2O5/c21-15(14-7-3-9-19-14)11-25-16(22)8-4-10-20-17(23)12-5-1-2-6-13(12)18(20)24/h1-3,5-7,9,19H,4,8,10-11H2. The zero-order valence-corrected chi connectivity index (χ0v) is 13.4. The number of imide groups is 1. The van der Waals surface area contributed by atoms with Gasteiger partial charge in [0.2, 0.25) is 5.78 Å². The normalized spacial score (nSPS) is 13.0. The Morgan fingerprint density at radius 2 is 1.68 bits per heavy atom. The van der Waals surface area contributed by atoms with Crippen molar-refractivity contribution in [3.8, 4) is 0 Å². The number of ketones is 1. The monoisotopic (exact) mass is 340 g/mol. The van der Waals surface area contributed by atoms with Gasteiger partial charge in [0.05, 0.1) is 16.8 Å². The van der Waals surface area contributed by atoms with E-state index in [-0.39, 0.29) is 43.6 Å². The van der Waals surface area contributed by atoms with E-state index >= 15 is 0 Å². The fourth-order valence-corrected chi connectivity index (χ4v) is 2.62. The van der Waals surface area contributed by atoms with Crippen LogP contribution in [0.5, 0.6) is 0 Å². The molecule has 0 fully saturated rings. The first-order valence-electron chi connectivity index (χ1n) is 7.85. The summed E-state index contributed by atoms with van der Waals surface area (Å²) in [7, 11) is 0. The Bertz CT molecular complexity index is 791. The summed E-state index contributed by atoms with van der Waals surface area (Å²) in [5.41, 5.74) is 1.14. The molecule has 0 spiro atoms. The Morgan fingerprint density at radius 1 is 1.00 bits per heavy atom. The fourth-order valence-electron chi connectivity index (χ4n) is 2.62. The number of benzene rings is 1. The van der Waals surface area contributed by atoms with Crippen LogP contribution in [0.25, 0.3) is 0 Å². The number of nitrogens with zero attached hydrogens (tertiary/aromatic N) is 1. The summed E-state index contributed by atoms with van der Waals surface area (Å²) >= 11 is 0. The number of carbonyl (C=O) groups is 4. The van der Waals surface area contributed by atoms with Gasteiger partial charge in [0.1, 0.15) is 0 Å². The van der Waals surface area contributed by atoms with Crippen molar-refractivity contribution >= 4 is 23.6 Å². The number of fused-ring (bicyclic) bond motifs is 1. The molecule has 0 saturated heterocycles. The number of H-pyrrole nitrogens is 1. The molecule has 25 heavy (non-hydrogen) atoms. The molecule has 1 N–H and O–H groups in total. The Hall–Kier alpha value is -3.22. The maximum Gasteiger partial charge on any atom is 0.306 e. The van der Waals surface area contributed by atoms with Gasteiger partial charge in [0, 0.05) is 19.2 Å². The van der Waals surface area contributed by atoms with Crippen LogP contribution in [0.3, 0.4) is 0 Å². The first kappa shape index (κ1) is 16.6. The second kappa shape index (κ2) is 7.12. The molecule has 1 aromatic carbocycles. The predicted molar refractivity (Wildman–Crippen MR) is 87.1 cm³/mol. The second-order valence-corrected chi connectivity index (χ2v) is 5.58. The molecule has 2 aromatic rings. The molecule has 1 aliphatic heterocycles. The topological polar surface area (TPSA) is 96.5 Å². The predicted octanol–water partition coefficient (Wildman–Crippen LogP) is 1.82. The molecule has 7 nitrogen and oxygen atoms in total. The van der Waals surface area contributed by atoms with Gasteiger partial charge in [0.25, 0.3) is 11.8 Å². The Kier molecular flexibility index (Phi) is 4.74. The van der Waals surface area contributed by atoms with Gasteiger partial charge in [-0.05, 0) is 30.7 Å². The minimum Gasteiger partial charge on any atom is -0.457 e. The van der Waals surface area contributed by atoms with Gasteiger partial charge in [-0.25, -0.2) is 0 Å². The molecule has 1 aliphatic rings. The summed E-state index contributed by atoms with van der Waals surface area (Å²) < 4.78 is 4.91.